The molecular formula is C12H19N3O4. The van der Waals surface area contributed by atoms with Gasteiger partial charge in [0.1, 0.15) is 6.04 Å². The lowest BCUT2D eigenvalue weighted by molar-refractivity contribution is -0.150. The highest BCUT2D eigenvalue weighted by Gasteiger charge is 2.37. The summed E-state index contributed by atoms with van der Waals surface area (Å²) in [7, 11) is 0. The minimum atomic E-state index is -1.07. The predicted molar refractivity (Wildman–Crippen MR) is 66.4 cm³/mol. The van der Waals surface area contributed by atoms with Crippen LogP contribution in [0.2, 0.25) is 0 Å². The molecule has 2 aliphatic rings. The normalized spacial score (nSPS) is 27.8. The van der Waals surface area contributed by atoms with Gasteiger partial charge in [-0.25, -0.2) is 0 Å². The first kappa shape index (κ1) is 13.8. The van der Waals surface area contributed by atoms with E-state index < -0.39 is 12.0 Å². The molecule has 7 heteroatoms. The van der Waals surface area contributed by atoms with E-state index in [4.69, 9.17) is 5.11 Å². The topological polar surface area (TPSA) is 98.7 Å². The highest BCUT2D eigenvalue weighted by molar-refractivity contribution is 5.92. The van der Waals surface area contributed by atoms with Gasteiger partial charge in [-0.2, -0.15) is 0 Å². The van der Waals surface area contributed by atoms with E-state index >= 15 is 0 Å². The van der Waals surface area contributed by atoms with Crippen molar-refractivity contribution < 1.29 is 19.5 Å². The highest BCUT2D eigenvalue weighted by atomic mass is 16.4. The average molecular weight is 269 g/mol. The molecule has 2 atom stereocenters. The van der Waals surface area contributed by atoms with E-state index in [1.54, 1.807) is 0 Å². The number of carbonyl (C=O) groups excluding carboxylic acids is 2. The zero-order valence-electron chi connectivity index (χ0n) is 10.7. The molecule has 0 aromatic rings. The monoisotopic (exact) mass is 269 g/mol. The number of amides is 2. The Hall–Kier alpha value is -1.63. The summed E-state index contributed by atoms with van der Waals surface area (Å²) in [4.78, 5) is 36.4. The Bertz CT molecular complexity index is 379. The summed E-state index contributed by atoms with van der Waals surface area (Å²) < 4.78 is 0. The number of piperazine rings is 1. The quantitative estimate of drug-likeness (QED) is 0.597. The fraction of sp³-hybridized carbons (Fsp3) is 0.750. The number of aliphatic carboxylic acids is 1. The number of piperidine rings is 1. The van der Waals surface area contributed by atoms with Crippen molar-refractivity contribution in [3.8, 4) is 0 Å². The summed E-state index contributed by atoms with van der Waals surface area (Å²) in [5, 5.41) is 14.6. The maximum absolute atomic E-state index is 12.4. The van der Waals surface area contributed by atoms with Gasteiger partial charge in [0.25, 0.3) is 0 Å². The molecule has 0 saturated carbocycles. The van der Waals surface area contributed by atoms with Crippen LogP contribution >= 0.6 is 0 Å². The third-order valence-corrected chi connectivity index (χ3v) is 3.63. The Balaban J connectivity index is 2.07. The van der Waals surface area contributed by atoms with Crippen molar-refractivity contribution in [2.75, 3.05) is 26.2 Å². The van der Waals surface area contributed by atoms with Gasteiger partial charge in [0.15, 0.2) is 0 Å². The van der Waals surface area contributed by atoms with Crippen molar-refractivity contribution in [3.05, 3.63) is 0 Å². The maximum Gasteiger partial charge on any atom is 0.305 e. The number of hydrogen-bond donors (Lipinski definition) is 3. The summed E-state index contributed by atoms with van der Waals surface area (Å²) in [5.41, 5.74) is 0. The van der Waals surface area contributed by atoms with Crippen molar-refractivity contribution in [1.82, 2.24) is 15.5 Å². The molecule has 2 aliphatic heterocycles. The predicted octanol–water partition coefficient (Wildman–Crippen LogP) is -1.21. The van der Waals surface area contributed by atoms with E-state index in [1.165, 1.54) is 4.90 Å². The van der Waals surface area contributed by atoms with Gasteiger partial charge < -0.3 is 20.6 Å². The average Bonchev–Trinajstić information content (AvgIpc) is 2.41. The third-order valence-electron chi connectivity index (χ3n) is 3.63. The second-order valence-corrected chi connectivity index (χ2v) is 4.98. The molecule has 1 unspecified atom stereocenters. The van der Waals surface area contributed by atoms with Crippen LogP contribution in [0.25, 0.3) is 0 Å². The Morgan fingerprint density at radius 2 is 2.16 bits per heavy atom. The molecule has 0 aliphatic carbocycles. The molecule has 3 N–H and O–H groups in total. The van der Waals surface area contributed by atoms with Crippen LogP contribution in [0.4, 0.5) is 0 Å². The minimum absolute atomic E-state index is 0.103. The summed E-state index contributed by atoms with van der Waals surface area (Å²) in [6, 6.07) is -0.874. The Morgan fingerprint density at radius 3 is 2.79 bits per heavy atom. The fourth-order valence-corrected chi connectivity index (χ4v) is 2.64. The van der Waals surface area contributed by atoms with E-state index in [2.05, 4.69) is 10.6 Å². The lowest BCUT2D eigenvalue weighted by atomic mass is 9.96. The van der Waals surface area contributed by atoms with Gasteiger partial charge in [-0.1, -0.05) is 0 Å². The van der Waals surface area contributed by atoms with Crippen LogP contribution in [0.3, 0.4) is 0 Å². The number of hydrogen-bond acceptors (Lipinski definition) is 4. The molecule has 7 nitrogen and oxygen atoms in total. The Morgan fingerprint density at radius 1 is 1.37 bits per heavy atom. The molecule has 0 spiro atoms. The van der Waals surface area contributed by atoms with Crippen LogP contribution in [0, 0.1) is 5.92 Å². The zero-order chi connectivity index (χ0) is 13.8. The molecule has 19 heavy (non-hydrogen) atoms. The first-order valence-corrected chi connectivity index (χ1v) is 6.60. The number of carboxylic acids is 1. The molecule has 2 heterocycles. The van der Waals surface area contributed by atoms with Crippen LogP contribution in [0.1, 0.15) is 19.3 Å². The van der Waals surface area contributed by atoms with Crippen LogP contribution in [0.15, 0.2) is 0 Å². The van der Waals surface area contributed by atoms with Gasteiger partial charge in [-0.3, -0.25) is 14.4 Å². The van der Waals surface area contributed by atoms with Crippen LogP contribution in [0.5, 0.6) is 0 Å². The van der Waals surface area contributed by atoms with E-state index in [9.17, 15) is 14.4 Å². The maximum atomic E-state index is 12.4. The van der Waals surface area contributed by atoms with Crippen molar-refractivity contribution >= 4 is 17.8 Å². The van der Waals surface area contributed by atoms with E-state index in [1.807, 2.05) is 0 Å². The number of nitrogens with one attached hydrogen (secondary N) is 2. The number of carbonyl (C=O) groups is 3. The number of rotatable bonds is 3. The Kier molecular flexibility index (Phi) is 4.36. The molecule has 2 amide bonds. The Labute approximate surface area is 111 Å². The molecule has 0 bridgehead atoms. The van der Waals surface area contributed by atoms with E-state index in [0.717, 1.165) is 19.4 Å². The van der Waals surface area contributed by atoms with Gasteiger partial charge in [-0.15, -0.1) is 0 Å². The first-order valence-electron chi connectivity index (χ1n) is 6.60. The van der Waals surface area contributed by atoms with Gasteiger partial charge in [0.05, 0.1) is 12.3 Å². The number of nitrogens with zero attached hydrogens (tertiary/aromatic N) is 1. The zero-order valence-corrected chi connectivity index (χ0v) is 10.7. The van der Waals surface area contributed by atoms with Crippen molar-refractivity contribution in [3.63, 3.8) is 0 Å². The van der Waals surface area contributed by atoms with Gasteiger partial charge in [0.2, 0.25) is 11.8 Å². The van der Waals surface area contributed by atoms with E-state index in [-0.39, 0.29) is 24.2 Å². The van der Waals surface area contributed by atoms with Gasteiger partial charge in [-0.05, 0) is 19.4 Å². The SMILES string of the molecule is O=C(O)CC1C(=O)NCCN1C(=O)[C@H]1CCCNC1. The molecule has 0 radical (unpaired) electrons. The highest BCUT2D eigenvalue weighted by Crippen LogP contribution is 2.18. The second kappa shape index (κ2) is 6.01. The van der Waals surface area contributed by atoms with Crippen LogP contribution in [-0.4, -0.2) is 60.0 Å². The van der Waals surface area contributed by atoms with Gasteiger partial charge in [0, 0.05) is 19.6 Å². The fourth-order valence-electron chi connectivity index (χ4n) is 2.64. The summed E-state index contributed by atoms with van der Waals surface area (Å²) in [5.74, 6) is -1.68. The molecule has 0 aromatic heterocycles. The van der Waals surface area contributed by atoms with Crippen molar-refractivity contribution in [2.24, 2.45) is 5.92 Å². The smallest absolute Gasteiger partial charge is 0.305 e. The largest absolute Gasteiger partial charge is 0.481 e. The van der Waals surface area contributed by atoms with Crippen molar-refractivity contribution in [2.45, 2.75) is 25.3 Å². The minimum Gasteiger partial charge on any atom is -0.481 e. The molecular weight excluding hydrogens is 250 g/mol. The van der Waals surface area contributed by atoms with Crippen LogP contribution < -0.4 is 10.6 Å². The molecule has 106 valence electrons. The first-order chi connectivity index (χ1) is 9.09. The molecule has 0 aromatic carbocycles. The number of carboxylic acid groups (broad SMARTS) is 1. The third kappa shape index (κ3) is 3.23. The standard InChI is InChI=1S/C12H19N3O4/c16-10(17)6-9-11(18)14-4-5-15(9)12(19)8-2-1-3-13-7-8/h8-9,13H,1-7H2,(H,14,18)(H,16,17)/t8-,9?/m0/s1. The molecule has 2 saturated heterocycles. The summed E-state index contributed by atoms with van der Waals surface area (Å²) >= 11 is 0. The van der Waals surface area contributed by atoms with Gasteiger partial charge >= 0.3 is 5.97 Å². The lowest BCUT2D eigenvalue weighted by Gasteiger charge is -2.37. The van der Waals surface area contributed by atoms with Crippen molar-refractivity contribution in [1.29, 1.82) is 0 Å². The summed E-state index contributed by atoms with van der Waals surface area (Å²) in [6.45, 7) is 2.29. The van der Waals surface area contributed by atoms with Crippen LogP contribution in [-0.2, 0) is 14.4 Å². The lowest BCUT2D eigenvalue weighted by Crippen LogP contribution is -2.59. The summed E-state index contributed by atoms with van der Waals surface area (Å²) in [6.07, 6.45) is 1.39. The molecule has 2 rings (SSSR count). The second-order valence-electron chi connectivity index (χ2n) is 4.98. The molecule has 2 fully saturated rings. The van der Waals surface area contributed by atoms with E-state index in [0.29, 0.717) is 19.6 Å².